The molecule has 0 unspecified atom stereocenters. The van der Waals surface area contributed by atoms with E-state index in [4.69, 9.17) is 12.2 Å². The maximum Gasteiger partial charge on any atom is 0.270 e. The van der Waals surface area contributed by atoms with Crippen molar-refractivity contribution in [3.63, 3.8) is 0 Å². The minimum Gasteiger partial charge on any atom is -0.330 e. The number of nitro groups is 1. The molecule has 0 saturated heterocycles. The summed E-state index contributed by atoms with van der Waals surface area (Å²) in [5.41, 5.74) is -0.0126. The van der Waals surface area contributed by atoms with Crippen LogP contribution in [0, 0.1) is 19.5 Å². The number of nitrogens with zero attached hydrogens (tertiary/aromatic N) is 1. The van der Waals surface area contributed by atoms with Crippen LogP contribution in [0.15, 0.2) is 42.5 Å². The third-order valence-electron chi connectivity index (χ3n) is 2.73. The Hall–Kier alpha value is -2.14. The average Bonchev–Trinajstić information content (AvgIpc) is 2.50. The number of non-ortho nitro benzene ring substituents is 1. The summed E-state index contributed by atoms with van der Waals surface area (Å²) in [5.74, 6) is -1.14. The van der Waals surface area contributed by atoms with Crippen LogP contribution in [0.3, 0.4) is 0 Å². The van der Waals surface area contributed by atoms with Gasteiger partial charge in [0.15, 0.2) is 5.11 Å². The second-order valence-electron chi connectivity index (χ2n) is 4.34. The summed E-state index contributed by atoms with van der Waals surface area (Å²) in [7, 11) is 0. The molecular weight excluding hydrogens is 436 g/mol. The van der Waals surface area contributed by atoms with Gasteiger partial charge in [-0.25, -0.2) is 4.39 Å². The first-order valence-electron chi connectivity index (χ1n) is 6.18. The molecule has 2 rings (SSSR count). The fraction of sp³-hybridized carbons (Fsp3) is 0. The fourth-order valence-corrected chi connectivity index (χ4v) is 2.34. The molecule has 0 bridgehead atoms. The highest BCUT2D eigenvalue weighted by Gasteiger charge is 2.13. The molecule has 1 amide bonds. The number of amides is 1. The summed E-state index contributed by atoms with van der Waals surface area (Å²) in [6, 6.07) is 9.68. The lowest BCUT2D eigenvalue weighted by molar-refractivity contribution is -0.384. The molecule has 118 valence electrons. The van der Waals surface area contributed by atoms with Gasteiger partial charge in [-0.2, -0.15) is 0 Å². The second kappa shape index (κ2) is 7.42. The maximum atomic E-state index is 13.7. The van der Waals surface area contributed by atoms with Gasteiger partial charge in [0.2, 0.25) is 0 Å². The average molecular weight is 445 g/mol. The summed E-state index contributed by atoms with van der Waals surface area (Å²) < 4.78 is 14.4. The van der Waals surface area contributed by atoms with Crippen molar-refractivity contribution in [3.8, 4) is 0 Å². The molecule has 0 fully saturated rings. The number of nitro benzene ring substituents is 1. The Bertz CT molecular complexity index is 801. The minimum absolute atomic E-state index is 0.0754. The summed E-state index contributed by atoms with van der Waals surface area (Å²) in [6.45, 7) is 0. The van der Waals surface area contributed by atoms with Crippen molar-refractivity contribution in [2.24, 2.45) is 0 Å². The van der Waals surface area contributed by atoms with Gasteiger partial charge in [0.05, 0.1) is 10.6 Å². The number of nitrogens with one attached hydrogen (secondary N) is 2. The maximum absolute atomic E-state index is 13.7. The lowest BCUT2D eigenvalue weighted by Crippen LogP contribution is -2.34. The number of thiocarbonyl (C=S) groups is 1. The first-order chi connectivity index (χ1) is 10.9. The molecule has 0 saturated carbocycles. The van der Waals surface area contributed by atoms with Gasteiger partial charge in [-0.3, -0.25) is 20.2 Å². The molecule has 0 atom stereocenters. The van der Waals surface area contributed by atoms with Gasteiger partial charge >= 0.3 is 0 Å². The molecule has 0 aliphatic carbocycles. The Labute approximate surface area is 149 Å². The normalized spacial score (nSPS) is 10.0. The third kappa shape index (κ3) is 4.66. The van der Waals surface area contributed by atoms with Crippen molar-refractivity contribution in [1.82, 2.24) is 5.32 Å². The zero-order valence-corrected chi connectivity index (χ0v) is 14.4. The van der Waals surface area contributed by atoms with Crippen molar-refractivity contribution in [2.75, 3.05) is 5.32 Å². The van der Waals surface area contributed by atoms with E-state index < -0.39 is 16.6 Å². The zero-order valence-electron chi connectivity index (χ0n) is 11.4. The third-order valence-corrected chi connectivity index (χ3v) is 3.60. The van der Waals surface area contributed by atoms with E-state index in [1.807, 2.05) is 22.6 Å². The Morgan fingerprint density at radius 3 is 2.65 bits per heavy atom. The molecule has 2 aromatic rings. The standard InChI is InChI=1S/C14H9FIN3O3S/c15-11-7-9(16)4-5-12(11)17-14(23)18-13(20)8-2-1-3-10(6-8)19(21)22/h1-7H,(H2,17,18,20,23). The van der Waals surface area contributed by atoms with E-state index in [0.717, 1.165) is 9.64 Å². The lowest BCUT2D eigenvalue weighted by atomic mass is 10.2. The predicted molar refractivity (Wildman–Crippen MR) is 95.9 cm³/mol. The van der Waals surface area contributed by atoms with Crippen molar-refractivity contribution >= 4 is 57.2 Å². The van der Waals surface area contributed by atoms with Crippen molar-refractivity contribution in [2.45, 2.75) is 0 Å². The molecule has 2 N–H and O–H groups in total. The molecule has 0 radical (unpaired) electrons. The summed E-state index contributed by atoms with van der Waals surface area (Å²) >= 11 is 6.91. The van der Waals surface area contributed by atoms with E-state index in [1.165, 1.54) is 30.3 Å². The highest BCUT2D eigenvalue weighted by Crippen LogP contribution is 2.17. The molecule has 6 nitrogen and oxygen atoms in total. The largest absolute Gasteiger partial charge is 0.330 e. The molecular formula is C14H9FIN3O3S. The smallest absolute Gasteiger partial charge is 0.270 e. The molecule has 0 heterocycles. The van der Waals surface area contributed by atoms with E-state index in [9.17, 15) is 19.3 Å². The van der Waals surface area contributed by atoms with Crippen molar-refractivity contribution in [3.05, 3.63) is 67.5 Å². The van der Waals surface area contributed by atoms with Gasteiger partial charge in [-0.05, 0) is 59.1 Å². The van der Waals surface area contributed by atoms with Crippen LogP contribution in [0.4, 0.5) is 15.8 Å². The van der Waals surface area contributed by atoms with Crippen molar-refractivity contribution in [1.29, 1.82) is 0 Å². The van der Waals surface area contributed by atoms with E-state index in [-0.39, 0.29) is 22.1 Å². The Kier molecular flexibility index (Phi) is 5.55. The predicted octanol–water partition coefficient (Wildman–Crippen LogP) is 3.47. The van der Waals surface area contributed by atoms with Gasteiger partial charge in [0.1, 0.15) is 5.82 Å². The van der Waals surface area contributed by atoms with Crippen LogP contribution < -0.4 is 10.6 Å². The van der Waals surface area contributed by atoms with Crippen LogP contribution >= 0.6 is 34.8 Å². The number of carbonyl (C=O) groups excluding carboxylic acids is 1. The van der Waals surface area contributed by atoms with Gasteiger partial charge in [0, 0.05) is 21.3 Å². The van der Waals surface area contributed by atoms with Crippen LogP contribution in [0.5, 0.6) is 0 Å². The van der Waals surface area contributed by atoms with E-state index >= 15 is 0 Å². The number of benzene rings is 2. The number of halogens is 2. The summed E-state index contributed by atoms with van der Waals surface area (Å²) in [5, 5.41) is 15.5. The number of hydrogen-bond donors (Lipinski definition) is 2. The zero-order chi connectivity index (χ0) is 17.0. The topological polar surface area (TPSA) is 84.3 Å². The lowest BCUT2D eigenvalue weighted by Gasteiger charge is -2.10. The van der Waals surface area contributed by atoms with Crippen LogP contribution in [0.25, 0.3) is 0 Å². The SMILES string of the molecule is O=C(NC(=S)Nc1ccc(I)cc1F)c1cccc([N+](=O)[O-])c1. The van der Waals surface area contributed by atoms with Gasteiger partial charge in [-0.15, -0.1) is 0 Å². The Balaban J connectivity index is 2.06. The number of anilines is 1. The van der Waals surface area contributed by atoms with E-state index in [2.05, 4.69) is 10.6 Å². The Morgan fingerprint density at radius 2 is 2.00 bits per heavy atom. The second-order valence-corrected chi connectivity index (χ2v) is 5.99. The van der Waals surface area contributed by atoms with Gasteiger partial charge < -0.3 is 5.32 Å². The highest BCUT2D eigenvalue weighted by atomic mass is 127. The molecule has 0 aliphatic heterocycles. The van der Waals surface area contributed by atoms with Crippen LogP contribution in [0.1, 0.15) is 10.4 Å². The summed E-state index contributed by atoms with van der Waals surface area (Å²) in [6.07, 6.45) is 0. The van der Waals surface area contributed by atoms with E-state index in [1.54, 1.807) is 6.07 Å². The number of hydrogen-bond acceptors (Lipinski definition) is 4. The van der Waals surface area contributed by atoms with Crippen LogP contribution in [-0.4, -0.2) is 15.9 Å². The first-order valence-corrected chi connectivity index (χ1v) is 7.67. The molecule has 9 heteroatoms. The van der Waals surface area contributed by atoms with Gasteiger partial charge in [-0.1, -0.05) is 6.07 Å². The molecule has 0 aliphatic rings. The molecule has 23 heavy (non-hydrogen) atoms. The quantitative estimate of drug-likeness (QED) is 0.327. The van der Waals surface area contributed by atoms with E-state index in [0.29, 0.717) is 0 Å². The van der Waals surface area contributed by atoms with Gasteiger partial charge in [0.25, 0.3) is 11.6 Å². The fourth-order valence-electron chi connectivity index (χ4n) is 1.68. The molecule has 2 aromatic carbocycles. The molecule has 0 spiro atoms. The monoisotopic (exact) mass is 445 g/mol. The van der Waals surface area contributed by atoms with Crippen LogP contribution in [-0.2, 0) is 0 Å². The Morgan fingerprint density at radius 1 is 1.26 bits per heavy atom. The van der Waals surface area contributed by atoms with Crippen LogP contribution in [0.2, 0.25) is 0 Å². The summed E-state index contributed by atoms with van der Waals surface area (Å²) in [4.78, 5) is 22.1. The molecule has 0 aromatic heterocycles. The van der Waals surface area contributed by atoms with Crippen molar-refractivity contribution < 1.29 is 14.1 Å². The first kappa shape index (κ1) is 17.2. The number of rotatable bonds is 3. The highest BCUT2D eigenvalue weighted by molar-refractivity contribution is 14.1. The number of carbonyl (C=O) groups is 1. The minimum atomic E-state index is -0.628.